The number of rotatable bonds is 3. The van der Waals surface area contributed by atoms with Gasteiger partial charge in [-0.25, -0.2) is 4.39 Å². The second kappa shape index (κ2) is 5.33. The van der Waals surface area contributed by atoms with Gasteiger partial charge in [0.1, 0.15) is 5.82 Å². The van der Waals surface area contributed by atoms with Crippen LogP contribution in [0.15, 0.2) is 22.7 Å². The van der Waals surface area contributed by atoms with Crippen LogP contribution in [0.5, 0.6) is 0 Å². The van der Waals surface area contributed by atoms with Gasteiger partial charge in [0, 0.05) is 5.88 Å². The molecule has 0 saturated heterocycles. The Morgan fingerprint density at radius 1 is 1.57 bits per heavy atom. The third kappa shape index (κ3) is 2.97. The molecule has 0 radical (unpaired) electrons. The highest BCUT2D eigenvalue weighted by Gasteiger charge is 2.08. The maximum absolute atomic E-state index is 12.9. The van der Waals surface area contributed by atoms with E-state index in [9.17, 15) is 4.39 Å². The summed E-state index contributed by atoms with van der Waals surface area (Å²) in [5.74, 6) is -0.215. The van der Waals surface area contributed by atoms with Crippen LogP contribution in [0.1, 0.15) is 5.56 Å². The van der Waals surface area contributed by atoms with Gasteiger partial charge in [-0.1, -0.05) is 6.07 Å². The smallest absolute Gasteiger partial charge is 0.137 e. The first kappa shape index (κ1) is 11.5. The highest BCUT2D eigenvalue weighted by Crippen LogP contribution is 2.19. The minimum absolute atomic E-state index is 0.214. The minimum Gasteiger partial charge on any atom is -0.206 e. The van der Waals surface area contributed by atoms with E-state index in [-0.39, 0.29) is 11.7 Å². The monoisotopic (exact) mass is 275 g/mol. The Labute approximate surface area is 95.6 Å². The van der Waals surface area contributed by atoms with Crippen molar-refractivity contribution in [3.05, 3.63) is 34.1 Å². The van der Waals surface area contributed by atoms with Crippen molar-refractivity contribution in [1.82, 2.24) is 0 Å². The first-order valence-corrected chi connectivity index (χ1v) is 5.39. The van der Waals surface area contributed by atoms with Gasteiger partial charge in [0.15, 0.2) is 0 Å². The van der Waals surface area contributed by atoms with Gasteiger partial charge >= 0.3 is 0 Å². The lowest BCUT2D eigenvalue weighted by Gasteiger charge is -2.05. The third-order valence-corrected chi connectivity index (χ3v) is 2.82. The average Bonchev–Trinajstić information content (AvgIpc) is 2.19. The number of nitrogens with zero attached hydrogens (tertiary/aromatic N) is 1. The fourth-order valence-electron chi connectivity index (χ4n) is 1.09. The quantitative estimate of drug-likeness (QED) is 0.775. The molecule has 0 aliphatic rings. The van der Waals surface area contributed by atoms with Gasteiger partial charge in [-0.2, -0.15) is 5.26 Å². The molecule has 4 heteroatoms. The summed E-state index contributed by atoms with van der Waals surface area (Å²) in [5.41, 5.74) is 0.908. The number of halogens is 3. The maximum atomic E-state index is 12.9. The molecule has 0 saturated carbocycles. The van der Waals surface area contributed by atoms with Gasteiger partial charge in [-0.15, -0.1) is 11.6 Å². The number of hydrogen-bond donors (Lipinski definition) is 0. The topological polar surface area (TPSA) is 23.8 Å². The standard InChI is InChI=1S/C10H8BrClFN/c11-9-4-7(1-2-10(9)13)3-8(5-12)6-14/h1-2,4,8H,3,5H2. The van der Waals surface area contributed by atoms with Gasteiger partial charge in [-0.05, 0) is 40.0 Å². The van der Waals surface area contributed by atoms with E-state index in [4.69, 9.17) is 16.9 Å². The molecule has 0 bridgehead atoms. The van der Waals surface area contributed by atoms with Crippen LogP contribution in [-0.4, -0.2) is 5.88 Å². The van der Waals surface area contributed by atoms with Crippen LogP contribution in [0.3, 0.4) is 0 Å². The zero-order valence-corrected chi connectivity index (χ0v) is 9.65. The van der Waals surface area contributed by atoms with E-state index >= 15 is 0 Å². The zero-order valence-electron chi connectivity index (χ0n) is 7.30. The Hall–Kier alpha value is -0.590. The minimum atomic E-state index is -0.298. The molecule has 0 aliphatic carbocycles. The SMILES string of the molecule is N#CC(CCl)Cc1ccc(F)c(Br)c1. The van der Waals surface area contributed by atoms with Gasteiger partial charge in [-0.3, -0.25) is 0 Å². The van der Waals surface area contributed by atoms with Crippen LogP contribution < -0.4 is 0 Å². The molecular formula is C10H8BrClFN. The average molecular weight is 277 g/mol. The molecule has 0 spiro atoms. The highest BCUT2D eigenvalue weighted by atomic mass is 79.9. The molecule has 1 atom stereocenters. The Morgan fingerprint density at radius 3 is 2.79 bits per heavy atom. The van der Waals surface area contributed by atoms with Crippen LogP contribution in [0, 0.1) is 23.1 Å². The summed E-state index contributed by atoms with van der Waals surface area (Å²) in [6, 6.07) is 6.81. The molecular weight excluding hydrogens is 268 g/mol. The largest absolute Gasteiger partial charge is 0.206 e. The van der Waals surface area contributed by atoms with Crippen molar-refractivity contribution in [2.24, 2.45) is 5.92 Å². The molecule has 0 heterocycles. The summed E-state index contributed by atoms with van der Waals surface area (Å²) in [5, 5.41) is 8.69. The fourth-order valence-corrected chi connectivity index (χ4v) is 1.69. The highest BCUT2D eigenvalue weighted by molar-refractivity contribution is 9.10. The molecule has 1 rings (SSSR count). The van der Waals surface area contributed by atoms with Crippen molar-refractivity contribution in [3.8, 4) is 6.07 Å². The van der Waals surface area contributed by atoms with E-state index in [0.29, 0.717) is 16.8 Å². The first-order valence-electron chi connectivity index (χ1n) is 4.07. The first-order chi connectivity index (χ1) is 6.67. The normalized spacial score (nSPS) is 12.1. The summed E-state index contributed by atoms with van der Waals surface area (Å²) in [6.07, 6.45) is 0.554. The summed E-state index contributed by atoms with van der Waals surface area (Å²) in [4.78, 5) is 0. The molecule has 1 nitrogen and oxygen atoms in total. The molecule has 14 heavy (non-hydrogen) atoms. The van der Waals surface area contributed by atoms with Crippen molar-refractivity contribution in [1.29, 1.82) is 5.26 Å². The van der Waals surface area contributed by atoms with Crippen molar-refractivity contribution in [2.45, 2.75) is 6.42 Å². The lowest BCUT2D eigenvalue weighted by atomic mass is 10.0. The molecule has 0 aromatic heterocycles. The number of hydrogen-bond acceptors (Lipinski definition) is 1. The summed E-state index contributed by atoms with van der Waals surface area (Å²) in [7, 11) is 0. The second-order valence-corrected chi connectivity index (χ2v) is 4.10. The van der Waals surface area contributed by atoms with E-state index in [1.165, 1.54) is 6.07 Å². The molecule has 1 aromatic carbocycles. The molecule has 0 N–H and O–H groups in total. The van der Waals surface area contributed by atoms with Crippen LogP contribution in [0.4, 0.5) is 4.39 Å². The zero-order chi connectivity index (χ0) is 10.6. The summed E-state index contributed by atoms with van der Waals surface area (Å²) < 4.78 is 13.3. The lowest BCUT2D eigenvalue weighted by Crippen LogP contribution is -2.03. The van der Waals surface area contributed by atoms with E-state index in [2.05, 4.69) is 22.0 Å². The Balaban J connectivity index is 2.78. The van der Waals surface area contributed by atoms with Crippen molar-refractivity contribution in [2.75, 3.05) is 5.88 Å². The maximum Gasteiger partial charge on any atom is 0.137 e. The molecule has 1 aromatic rings. The van der Waals surface area contributed by atoms with Crippen LogP contribution in [-0.2, 0) is 6.42 Å². The fraction of sp³-hybridized carbons (Fsp3) is 0.300. The number of nitriles is 1. The van der Waals surface area contributed by atoms with Gasteiger partial charge < -0.3 is 0 Å². The van der Waals surface area contributed by atoms with E-state index in [1.807, 2.05) is 0 Å². The van der Waals surface area contributed by atoms with Crippen molar-refractivity contribution in [3.63, 3.8) is 0 Å². The third-order valence-electron chi connectivity index (χ3n) is 1.83. The van der Waals surface area contributed by atoms with Crippen molar-refractivity contribution < 1.29 is 4.39 Å². The van der Waals surface area contributed by atoms with Gasteiger partial charge in [0.25, 0.3) is 0 Å². The predicted octanol–water partition coefficient (Wildman–Crippen LogP) is 3.51. The summed E-state index contributed by atoms with van der Waals surface area (Å²) in [6.45, 7) is 0. The van der Waals surface area contributed by atoms with Gasteiger partial charge in [0.05, 0.1) is 16.5 Å². The van der Waals surface area contributed by atoms with Crippen LogP contribution >= 0.6 is 27.5 Å². The van der Waals surface area contributed by atoms with Crippen LogP contribution in [0.2, 0.25) is 0 Å². The molecule has 1 unspecified atom stereocenters. The van der Waals surface area contributed by atoms with Crippen molar-refractivity contribution >= 4 is 27.5 Å². The van der Waals surface area contributed by atoms with E-state index in [1.54, 1.807) is 12.1 Å². The second-order valence-electron chi connectivity index (χ2n) is 2.93. The summed E-state index contributed by atoms with van der Waals surface area (Å²) >= 11 is 8.67. The van der Waals surface area contributed by atoms with Gasteiger partial charge in [0.2, 0.25) is 0 Å². The Kier molecular flexibility index (Phi) is 4.37. The Morgan fingerprint density at radius 2 is 2.29 bits per heavy atom. The molecule has 0 aliphatic heterocycles. The van der Waals surface area contributed by atoms with E-state index in [0.717, 1.165) is 5.56 Å². The number of benzene rings is 1. The number of alkyl halides is 1. The molecule has 74 valence electrons. The molecule has 0 fully saturated rings. The van der Waals surface area contributed by atoms with E-state index < -0.39 is 0 Å². The van der Waals surface area contributed by atoms with Crippen LogP contribution in [0.25, 0.3) is 0 Å². The Bertz CT molecular complexity index is 362. The predicted molar refractivity (Wildman–Crippen MR) is 57.6 cm³/mol. The molecule has 0 amide bonds. The lowest BCUT2D eigenvalue weighted by molar-refractivity contribution is 0.619.